The van der Waals surface area contributed by atoms with Crippen molar-refractivity contribution in [3.05, 3.63) is 23.8 Å². The summed E-state index contributed by atoms with van der Waals surface area (Å²) in [6.45, 7) is 1.55. The maximum absolute atomic E-state index is 12.9. The minimum absolute atomic E-state index is 0.00125. The lowest BCUT2D eigenvalue weighted by Crippen LogP contribution is -2.39. The minimum Gasteiger partial charge on any atom is -0.496 e. The van der Waals surface area contributed by atoms with Gasteiger partial charge in [-0.25, -0.2) is 0 Å². The lowest BCUT2D eigenvalue weighted by Gasteiger charge is -2.25. The molecule has 21 heavy (non-hydrogen) atoms. The normalized spacial score (nSPS) is 24.6. The van der Waals surface area contributed by atoms with Crippen LogP contribution in [0, 0.1) is 0 Å². The molecule has 0 radical (unpaired) electrons. The van der Waals surface area contributed by atoms with E-state index in [4.69, 9.17) is 9.47 Å². The Hall–Kier alpha value is -1.75. The maximum atomic E-state index is 12.9. The van der Waals surface area contributed by atoms with Crippen molar-refractivity contribution in [3.8, 4) is 11.5 Å². The van der Waals surface area contributed by atoms with Gasteiger partial charge in [-0.3, -0.25) is 4.79 Å². The molecule has 5 nitrogen and oxygen atoms in total. The van der Waals surface area contributed by atoms with Gasteiger partial charge >= 0.3 is 0 Å². The van der Waals surface area contributed by atoms with Crippen LogP contribution in [0.15, 0.2) is 18.2 Å². The number of hydrogen-bond donors (Lipinski definition) is 1. The molecule has 0 saturated carbocycles. The van der Waals surface area contributed by atoms with Crippen molar-refractivity contribution in [2.75, 3.05) is 27.3 Å². The third-order valence-electron chi connectivity index (χ3n) is 4.45. The summed E-state index contributed by atoms with van der Waals surface area (Å²) in [6.07, 6.45) is 3.39. The van der Waals surface area contributed by atoms with Crippen LogP contribution in [-0.2, 0) is 0 Å². The number of amides is 1. The standard InChI is InChI=1S/C16H22N2O3/c1-20-13-4-3-5-14(21-2)15(13)16(19)18-9-8-11-6-7-12(10-18)17-11/h3-5,11-12,17H,6-10H2,1-2H3. The molecule has 2 atom stereocenters. The number of nitrogens with one attached hydrogen (secondary N) is 1. The summed E-state index contributed by atoms with van der Waals surface area (Å²) in [5, 5.41) is 3.59. The van der Waals surface area contributed by atoms with Gasteiger partial charge in [-0.05, 0) is 31.4 Å². The Kier molecular flexibility index (Phi) is 4.01. The van der Waals surface area contributed by atoms with E-state index in [0.717, 1.165) is 25.9 Å². The van der Waals surface area contributed by atoms with E-state index >= 15 is 0 Å². The van der Waals surface area contributed by atoms with Gasteiger partial charge in [0.2, 0.25) is 0 Å². The quantitative estimate of drug-likeness (QED) is 0.920. The van der Waals surface area contributed by atoms with Crippen LogP contribution in [0.5, 0.6) is 11.5 Å². The molecule has 1 N–H and O–H groups in total. The number of benzene rings is 1. The second-order valence-electron chi connectivity index (χ2n) is 5.72. The first-order chi connectivity index (χ1) is 10.2. The summed E-state index contributed by atoms with van der Waals surface area (Å²) < 4.78 is 10.7. The van der Waals surface area contributed by atoms with Crippen molar-refractivity contribution < 1.29 is 14.3 Å². The van der Waals surface area contributed by atoms with Crippen molar-refractivity contribution in [2.24, 2.45) is 0 Å². The van der Waals surface area contributed by atoms with Crippen LogP contribution in [-0.4, -0.2) is 50.2 Å². The van der Waals surface area contributed by atoms with Gasteiger partial charge in [0.15, 0.2) is 0 Å². The average molecular weight is 290 g/mol. The van der Waals surface area contributed by atoms with Crippen molar-refractivity contribution >= 4 is 5.91 Å². The molecule has 2 saturated heterocycles. The lowest BCUT2D eigenvalue weighted by molar-refractivity contribution is 0.0741. The molecule has 0 aromatic heterocycles. The van der Waals surface area contributed by atoms with Gasteiger partial charge in [0, 0.05) is 25.2 Å². The summed E-state index contributed by atoms with van der Waals surface area (Å²) in [5.74, 6) is 1.14. The summed E-state index contributed by atoms with van der Waals surface area (Å²) in [7, 11) is 3.16. The number of ether oxygens (including phenoxy) is 2. The highest BCUT2D eigenvalue weighted by Gasteiger charge is 2.33. The maximum Gasteiger partial charge on any atom is 0.261 e. The Morgan fingerprint density at radius 2 is 1.81 bits per heavy atom. The number of carbonyl (C=O) groups excluding carboxylic acids is 1. The van der Waals surface area contributed by atoms with E-state index in [2.05, 4.69) is 5.32 Å². The van der Waals surface area contributed by atoms with Gasteiger partial charge in [-0.1, -0.05) is 6.07 Å². The molecule has 2 bridgehead atoms. The van der Waals surface area contributed by atoms with E-state index in [1.807, 2.05) is 11.0 Å². The highest BCUT2D eigenvalue weighted by Crippen LogP contribution is 2.31. The minimum atomic E-state index is -0.00125. The summed E-state index contributed by atoms with van der Waals surface area (Å²) in [5.41, 5.74) is 0.528. The van der Waals surface area contributed by atoms with E-state index in [9.17, 15) is 4.79 Å². The fourth-order valence-electron chi connectivity index (χ4n) is 3.35. The number of carbonyl (C=O) groups is 1. The van der Waals surface area contributed by atoms with Crippen LogP contribution in [0.4, 0.5) is 0 Å². The van der Waals surface area contributed by atoms with Gasteiger partial charge < -0.3 is 19.7 Å². The molecule has 2 unspecified atom stereocenters. The van der Waals surface area contributed by atoms with Gasteiger partial charge in [-0.15, -0.1) is 0 Å². The topological polar surface area (TPSA) is 50.8 Å². The van der Waals surface area contributed by atoms with Crippen LogP contribution in [0.2, 0.25) is 0 Å². The van der Waals surface area contributed by atoms with E-state index in [-0.39, 0.29) is 5.91 Å². The second kappa shape index (κ2) is 5.93. The average Bonchev–Trinajstić information content (AvgIpc) is 2.84. The Morgan fingerprint density at radius 1 is 1.14 bits per heavy atom. The molecule has 5 heteroatoms. The van der Waals surface area contributed by atoms with Crippen molar-refractivity contribution in [2.45, 2.75) is 31.3 Å². The molecule has 0 spiro atoms. The molecule has 1 amide bonds. The fraction of sp³-hybridized carbons (Fsp3) is 0.562. The Bertz CT molecular complexity index is 510. The molecule has 2 fully saturated rings. The van der Waals surface area contributed by atoms with Crippen molar-refractivity contribution in [3.63, 3.8) is 0 Å². The predicted molar refractivity (Wildman–Crippen MR) is 80.0 cm³/mol. The number of fused-ring (bicyclic) bond motifs is 2. The third kappa shape index (κ3) is 2.70. The van der Waals surface area contributed by atoms with Crippen LogP contribution in [0.25, 0.3) is 0 Å². The Labute approximate surface area is 125 Å². The molecule has 1 aromatic carbocycles. The number of hydrogen-bond acceptors (Lipinski definition) is 4. The first-order valence-corrected chi connectivity index (χ1v) is 7.49. The molecule has 2 heterocycles. The van der Waals surface area contributed by atoms with Crippen molar-refractivity contribution in [1.82, 2.24) is 10.2 Å². The number of nitrogens with zero attached hydrogens (tertiary/aromatic N) is 1. The van der Waals surface area contributed by atoms with E-state index in [1.54, 1.807) is 26.4 Å². The van der Waals surface area contributed by atoms with Crippen LogP contribution in [0.3, 0.4) is 0 Å². The first kappa shape index (κ1) is 14.2. The van der Waals surface area contributed by atoms with E-state index < -0.39 is 0 Å². The Morgan fingerprint density at radius 3 is 2.48 bits per heavy atom. The molecule has 3 rings (SSSR count). The number of methoxy groups -OCH3 is 2. The summed E-state index contributed by atoms with van der Waals surface area (Å²) in [4.78, 5) is 14.9. The van der Waals surface area contributed by atoms with E-state index in [1.165, 1.54) is 6.42 Å². The number of rotatable bonds is 3. The predicted octanol–water partition coefficient (Wildman–Crippen LogP) is 1.67. The summed E-state index contributed by atoms with van der Waals surface area (Å²) in [6, 6.07) is 6.42. The molecular weight excluding hydrogens is 268 g/mol. The molecular formula is C16H22N2O3. The number of likely N-dealkylation sites (tertiary alicyclic amines) is 1. The first-order valence-electron chi connectivity index (χ1n) is 7.49. The van der Waals surface area contributed by atoms with Gasteiger partial charge in [0.25, 0.3) is 5.91 Å². The fourth-order valence-corrected chi connectivity index (χ4v) is 3.35. The lowest BCUT2D eigenvalue weighted by atomic mass is 10.1. The van der Waals surface area contributed by atoms with Crippen LogP contribution in [0.1, 0.15) is 29.6 Å². The zero-order valence-electron chi connectivity index (χ0n) is 12.6. The van der Waals surface area contributed by atoms with Gasteiger partial charge in [0.05, 0.1) is 14.2 Å². The zero-order chi connectivity index (χ0) is 14.8. The molecule has 114 valence electrons. The summed E-state index contributed by atoms with van der Waals surface area (Å²) >= 11 is 0. The second-order valence-corrected chi connectivity index (χ2v) is 5.72. The monoisotopic (exact) mass is 290 g/mol. The molecule has 0 aliphatic carbocycles. The van der Waals surface area contributed by atoms with Gasteiger partial charge in [-0.2, -0.15) is 0 Å². The van der Waals surface area contributed by atoms with Crippen molar-refractivity contribution in [1.29, 1.82) is 0 Å². The zero-order valence-corrected chi connectivity index (χ0v) is 12.6. The van der Waals surface area contributed by atoms with Crippen LogP contribution >= 0.6 is 0 Å². The third-order valence-corrected chi connectivity index (χ3v) is 4.45. The highest BCUT2D eigenvalue weighted by atomic mass is 16.5. The van der Waals surface area contributed by atoms with Gasteiger partial charge in [0.1, 0.15) is 17.1 Å². The Balaban J connectivity index is 1.87. The highest BCUT2D eigenvalue weighted by molar-refractivity contribution is 5.99. The van der Waals surface area contributed by atoms with Crippen LogP contribution < -0.4 is 14.8 Å². The smallest absolute Gasteiger partial charge is 0.261 e. The molecule has 2 aliphatic heterocycles. The van der Waals surface area contributed by atoms with E-state index in [0.29, 0.717) is 29.1 Å². The molecule has 2 aliphatic rings. The largest absolute Gasteiger partial charge is 0.496 e. The SMILES string of the molecule is COc1cccc(OC)c1C(=O)N1CCC2CCC(C1)N2. The molecule has 1 aromatic rings.